The van der Waals surface area contributed by atoms with E-state index in [0.29, 0.717) is 11.1 Å². The van der Waals surface area contributed by atoms with Gasteiger partial charge in [0.1, 0.15) is 0 Å². The molecule has 2 unspecified atom stereocenters. The van der Waals surface area contributed by atoms with Crippen molar-refractivity contribution >= 4 is 30.4 Å². The van der Waals surface area contributed by atoms with Crippen LogP contribution in [0.1, 0.15) is 34.3 Å². The summed E-state index contributed by atoms with van der Waals surface area (Å²) in [4.78, 5) is 0.410. The van der Waals surface area contributed by atoms with Crippen molar-refractivity contribution in [3.63, 3.8) is 0 Å². The monoisotopic (exact) mass is 585 g/mol. The van der Waals surface area contributed by atoms with Crippen LogP contribution in [-0.4, -0.2) is 50.9 Å². The topological polar surface area (TPSA) is 218 Å². The second-order valence-electron chi connectivity index (χ2n) is 8.67. The van der Waals surface area contributed by atoms with Crippen molar-refractivity contribution in [3.8, 4) is 0 Å². The highest BCUT2D eigenvalue weighted by Crippen LogP contribution is 2.33. The standard InChI is InChI=1S/C23H27N3O9S3/c1-26(14-16-6-2-4-8-19(16)36(27,28)29)13-15-10-11-21(38(33,34)35)18(12-15)23(25)22(24)17-7-3-5-9-20(17)37(30,31)32/h2-12,22-23H,13-14,24-25H2,1H3,(H,27,28,29)(H,30,31,32)(H,33,34,35). The van der Waals surface area contributed by atoms with E-state index in [9.17, 15) is 38.9 Å². The molecule has 0 heterocycles. The van der Waals surface area contributed by atoms with Crippen LogP contribution in [0.2, 0.25) is 0 Å². The van der Waals surface area contributed by atoms with E-state index in [0.717, 1.165) is 12.1 Å². The maximum absolute atomic E-state index is 12.1. The summed E-state index contributed by atoms with van der Waals surface area (Å²) in [6.45, 7) is 0.251. The van der Waals surface area contributed by atoms with Gasteiger partial charge in [-0.05, 0) is 47.5 Å². The third-order valence-electron chi connectivity index (χ3n) is 5.80. The predicted molar refractivity (Wildman–Crippen MR) is 138 cm³/mol. The van der Waals surface area contributed by atoms with Crippen molar-refractivity contribution in [2.75, 3.05) is 7.05 Å². The maximum atomic E-state index is 12.1. The molecule has 0 aliphatic heterocycles. The molecule has 0 bridgehead atoms. The smallest absolute Gasteiger partial charge is 0.294 e. The van der Waals surface area contributed by atoms with Crippen molar-refractivity contribution in [1.82, 2.24) is 4.90 Å². The summed E-state index contributed by atoms with van der Waals surface area (Å²) in [6, 6.07) is 12.5. The number of nitrogens with zero attached hydrogens (tertiary/aromatic N) is 1. The second-order valence-corrected chi connectivity index (χ2v) is 12.8. The van der Waals surface area contributed by atoms with Crippen LogP contribution >= 0.6 is 0 Å². The van der Waals surface area contributed by atoms with E-state index in [1.807, 2.05) is 0 Å². The molecule has 3 aromatic rings. The summed E-state index contributed by atoms with van der Waals surface area (Å²) in [6.07, 6.45) is 0. The lowest BCUT2D eigenvalue weighted by atomic mass is 9.93. The highest BCUT2D eigenvalue weighted by Gasteiger charge is 2.29. The number of nitrogens with two attached hydrogens (primary N) is 2. The Morgan fingerprint density at radius 2 is 1.13 bits per heavy atom. The van der Waals surface area contributed by atoms with Gasteiger partial charge in [0.25, 0.3) is 30.4 Å². The van der Waals surface area contributed by atoms with Gasteiger partial charge in [0.05, 0.1) is 26.8 Å². The molecule has 0 spiro atoms. The SMILES string of the molecule is CN(Cc1ccc(S(=O)(=O)O)c(C(N)C(N)c2ccccc2S(=O)(=O)O)c1)Cc1ccccc1S(=O)(=O)O. The molecule has 0 saturated carbocycles. The largest absolute Gasteiger partial charge is 0.322 e. The van der Waals surface area contributed by atoms with Crippen molar-refractivity contribution in [2.45, 2.75) is 39.9 Å². The fourth-order valence-corrected chi connectivity index (χ4v) is 6.31. The molecule has 7 N–H and O–H groups in total. The summed E-state index contributed by atoms with van der Waals surface area (Å²) in [5, 5.41) is 0. The molecule has 206 valence electrons. The van der Waals surface area contributed by atoms with E-state index in [-0.39, 0.29) is 29.1 Å². The molecule has 0 saturated heterocycles. The molecular weight excluding hydrogens is 558 g/mol. The van der Waals surface area contributed by atoms with Crippen LogP contribution in [-0.2, 0) is 43.4 Å². The van der Waals surface area contributed by atoms with E-state index in [4.69, 9.17) is 11.5 Å². The fraction of sp³-hybridized carbons (Fsp3) is 0.217. The Hall–Kier alpha value is -2.73. The zero-order valence-corrected chi connectivity index (χ0v) is 22.5. The Balaban J connectivity index is 1.98. The Morgan fingerprint density at radius 3 is 1.71 bits per heavy atom. The number of hydrogen-bond acceptors (Lipinski definition) is 9. The summed E-state index contributed by atoms with van der Waals surface area (Å²) >= 11 is 0. The van der Waals surface area contributed by atoms with Gasteiger partial charge in [-0.25, -0.2) is 0 Å². The Labute approximate surface area is 221 Å². The van der Waals surface area contributed by atoms with Crippen molar-refractivity contribution in [1.29, 1.82) is 0 Å². The average Bonchev–Trinajstić information content (AvgIpc) is 2.81. The highest BCUT2D eigenvalue weighted by atomic mass is 32.2. The summed E-state index contributed by atoms with van der Waals surface area (Å²) in [5.41, 5.74) is 13.2. The molecule has 3 aromatic carbocycles. The number of rotatable bonds is 10. The van der Waals surface area contributed by atoms with Crippen LogP contribution in [0.25, 0.3) is 0 Å². The number of benzene rings is 3. The lowest BCUT2D eigenvalue weighted by Crippen LogP contribution is -2.29. The average molecular weight is 586 g/mol. The molecule has 0 aromatic heterocycles. The third-order valence-corrected chi connectivity index (χ3v) is 8.61. The molecule has 0 aliphatic rings. The fourth-order valence-electron chi connectivity index (χ4n) is 4.11. The molecular formula is C23H27N3O9S3. The first-order valence-corrected chi connectivity index (χ1v) is 15.2. The van der Waals surface area contributed by atoms with Gasteiger partial charge in [-0.2, -0.15) is 25.3 Å². The van der Waals surface area contributed by atoms with Gasteiger partial charge in [-0.3, -0.25) is 18.6 Å². The van der Waals surface area contributed by atoms with Crippen molar-refractivity contribution in [2.24, 2.45) is 11.5 Å². The van der Waals surface area contributed by atoms with Gasteiger partial charge in [-0.1, -0.05) is 48.5 Å². The van der Waals surface area contributed by atoms with E-state index >= 15 is 0 Å². The van der Waals surface area contributed by atoms with Crippen molar-refractivity contribution in [3.05, 3.63) is 89.0 Å². The van der Waals surface area contributed by atoms with Crippen LogP contribution in [0.4, 0.5) is 0 Å². The zero-order valence-electron chi connectivity index (χ0n) is 20.0. The zero-order chi connectivity index (χ0) is 28.5. The summed E-state index contributed by atoms with van der Waals surface area (Å²) < 4.78 is 100. The molecule has 0 fully saturated rings. The lowest BCUT2D eigenvalue weighted by Gasteiger charge is -2.25. The first-order valence-electron chi connectivity index (χ1n) is 10.9. The first kappa shape index (κ1) is 29.8. The maximum Gasteiger partial charge on any atom is 0.294 e. The van der Waals surface area contributed by atoms with Gasteiger partial charge in [0.15, 0.2) is 0 Å². The minimum Gasteiger partial charge on any atom is -0.322 e. The van der Waals surface area contributed by atoms with E-state index in [2.05, 4.69) is 0 Å². The first-order chi connectivity index (χ1) is 17.5. The van der Waals surface area contributed by atoms with Crippen molar-refractivity contribution < 1.29 is 38.9 Å². The molecule has 2 atom stereocenters. The molecule has 12 nitrogen and oxygen atoms in total. The molecule has 3 rings (SSSR count). The van der Waals surface area contributed by atoms with Crippen LogP contribution in [0.5, 0.6) is 0 Å². The van der Waals surface area contributed by atoms with Gasteiger partial charge in [0, 0.05) is 13.1 Å². The summed E-state index contributed by atoms with van der Waals surface area (Å²) in [7, 11) is -12.2. The molecule has 38 heavy (non-hydrogen) atoms. The third kappa shape index (κ3) is 7.02. The predicted octanol–water partition coefficient (Wildman–Crippen LogP) is 1.76. The molecule has 0 amide bonds. The van der Waals surface area contributed by atoms with E-state index < -0.39 is 52.2 Å². The summed E-state index contributed by atoms with van der Waals surface area (Å²) in [5.74, 6) is 0. The van der Waals surface area contributed by atoms with Gasteiger partial charge in [0.2, 0.25) is 0 Å². The van der Waals surface area contributed by atoms with Gasteiger partial charge < -0.3 is 11.5 Å². The normalized spacial score (nSPS) is 14.4. The van der Waals surface area contributed by atoms with Crippen LogP contribution in [0.3, 0.4) is 0 Å². The number of hydrogen-bond donors (Lipinski definition) is 5. The Kier molecular flexibility index (Phi) is 8.77. The van der Waals surface area contributed by atoms with Crippen LogP contribution in [0.15, 0.2) is 81.4 Å². The Morgan fingerprint density at radius 1 is 0.658 bits per heavy atom. The molecule has 15 heteroatoms. The lowest BCUT2D eigenvalue weighted by molar-refractivity contribution is 0.315. The van der Waals surface area contributed by atoms with Crippen LogP contribution < -0.4 is 11.5 Å². The highest BCUT2D eigenvalue weighted by molar-refractivity contribution is 7.86. The quantitative estimate of drug-likeness (QED) is 0.215. The molecule has 0 radical (unpaired) electrons. The Bertz CT molecular complexity index is 1660. The minimum absolute atomic E-state index is 0.0619. The van der Waals surface area contributed by atoms with Gasteiger partial charge in [-0.15, -0.1) is 0 Å². The second kappa shape index (κ2) is 11.2. The van der Waals surface area contributed by atoms with E-state index in [1.165, 1.54) is 48.5 Å². The van der Waals surface area contributed by atoms with E-state index in [1.54, 1.807) is 18.0 Å². The van der Waals surface area contributed by atoms with Crippen LogP contribution in [0, 0.1) is 0 Å². The minimum atomic E-state index is -4.76. The molecule has 0 aliphatic carbocycles. The van der Waals surface area contributed by atoms with Gasteiger partial charge >= 0.3 is 0 Å².